The van der Waals surface area contributed by atoms with Gasteiger partial charge in [-0.15, -0.1) is 0 Å². The lowest BCUT2D eigenvalue weighted by atomic mass is 10.0. The molecule has 2 fully saturated rings. The van der Waals surface area contributed by atoms with Gasteiger partial charge in [-0.05, 0) is 48.8 Å². The predicted molar refractivity (Wildman–Crippen MR) is 85.0 cm³/mol. The third kappa shape index (κ3) is 2.25. The number of aliphatic carboxylic acids is 1. The number of nitrogens with zero attached hydrogens (tertiary/aromatic N) is 2. The maximum atomic E-state index is 13.0. The molecule has 1 atom stereocenters. The summed E-state index contributed by atoms with van der Waals surface area (Å²) in [6.45, 7) is 1.21. The molecule has 0 unspecified atom stereocenters. The van der Waals surface area contributed by atoms with Crippen molar-refractivity contribution in [3.05, 3.63) is 23.8 Å². The molecule has 1 aliphatic carbocycles. The molecule has 6 nitrogen and oxygen atoms in total. The van der Waals surface area contributed by atoms with E-state index in [1.807, 2.05) is 18.0 Å². The Balaban J connectivity index is 1.73. The summed E-state index contributed by atoms with van der Waals surface area (Å²) in [5, 5.41) is 9.44. The zero-order chi connectivity index (χ0) is 16.4. The molecule has 1 saturated heterocycles. The van der Waals surface area contributed by atoms with E-state index in [4.69, 9.17) is 0 Å². The first-order valence-corrected chi connectivity index (χ1v) is 9.35. The van der Waals surface area contributed by atoms with Crippen molar-refractivity contribution in [2.24, 2.45) is 5.41 Å². The second kappa shape index (κ2) is 4.70. The summed E-state index contributed by atoms with van der Waals surface area (Å²) in [5.41, 5.74) is 1.98. The topological polar surface area (TPSA) is 77.9 Å². The minimum atomic E-state index is -3.78. The average molecular weight is 336 g/mol. The van der Waals surface area contributed by atoms with E-state index in [2.05, 4.69) is 0 Å². The van der Waals surface area contributed by atoms with Crippen molar-refractivity contribution in [1.82, 2.24) is 4.31 Å². The van der Waals surface area contributed by atoms with Gasteiger partial charge in [0.15, 0.2) is 0 Å². The van der Waals surface area contributed by atoms with Crippen LogP contribution in [0.4, 0.5) is 5.69 Å². The van der Waals surface area contributed by atoms with Crippen molar-refractivity contribution < 1.29 is 18.3 Å². The van der Waals surface area contributed by atoms with E-state index in [-0.39, 0.29) is 10.3 Å². The minimum absolute atomic E-state index is 0.0936. The molecule has 7 heteroatoms. The minimum Gasteiger partial charge on any atom is -0.480 e. The normalized spacial score (nSPS) is 25.8. The molecular weight excluding hydrogens is 316 g/mol. The van der Waals surface area contributed by atoms with Gasteiger partial charge in [-0.2, -0.15) is 4.31 Å². The van der Waals surface area contributed by atoms with Crippen LogP contribution in [0.25, 0.3) is 0 Å². The zero-order valence-electron chi connectivity index (χ0n) is 13.0. The Kier molecular flexibility index (Phi) is 3.06. The van der Waals surface area contributed by atoms with Crippen LogP contribution in [-0.4, -0.2) is 50.0 Å². The van der Waals surface area contributed by atoms with Gasteiger partial charge in [0.05, 0.1) is 4.90 Å². The van der Waals surface area contributed by atoms with Crippen molar-refractivity contribution in [1.29, 1.82) is 0 Å². The van der Waals surface area contributed by atoms with E-state index in [1.165, 1.54) is 4.31 Å². The largest absolute Gasteiger partial charge is 0.480 e. The Bertz CT molecular complexity index is 785. The Morgan fingerprint density at radius 2 is 2.09 bits per heavy atom. The van der Waals surface area contributed by atoms with Crippen LogP contribution in [0.15, 0.2) is 23.1 Å². The number of likely N-dealkylation sites (N-methyl/N-ethyl adjacent to an activating group) is 1. The lowest BCUT2D eigenvalue weighted by Crippen LogP contribution is -2.40. The summed E-state index contributed by atoms with van der Waals surface area (Å²) < 4.78 is 27.2. The maximum Gasteiger partial charge on any atom is 0.322 e. The molecule has 2 aliphatic heterocycles. The van der Waals surface area contributed by atoms with Gasteiger partial charge in [0, 0.05) is 25.8 Å². The van der Waals surface area contributed by atoms with Crippen LogP contribution in [0.3, 0.4) is 0 Å². The Labute approximate surface area is 135 Å². The Morgan fingerprint density at radius 1 is 1.35 bits per heavy atom. The quantitative estimate of drug-likeness (QED) is 0.900. The third-order valence-corrected chi connectivity index (χ3v) is 7.35. The highest BCUT2D eigenvalue weighted by Crippen LogP contribution is 2.55. The summed E-state index contributed by atoms with van der Waals surface area (Å²) in [5.74, 6) is -1.05. The zero-order valence-corrected chi connectivity index (χ0v) is 13.8. The van der Waals surface area contributed by atoms with Crippen LogP contribution in [0.1, 0.15) is 24.8 Å². The van der Waals surface area contributed by atoms with Crippen molar-refractivity contribution >= 4 is 21.7 Å². The van der Waals surface area contributed by atoms with Gasteiger partial charge in [-0.1, -0.05) is 6.07 Å². The number of hydrogen-bond acceptors (Lipinski definition) is 4. The SMILES string of the molecule is CN1CCc2ccc(S(=O)(=O)N3CC4(CC4)C[C@H]3C(=O)O)cc21. The van der Waals surface area contributed by atoms with Gasteiger partial charge in [0.2, 0.25) is 10.0 Å². The van der Waals surface area contributed by atoms with Gasteiger partial charge in [0.25, 0.3) is 0 Å². The molecule has 0 bridgehead atoms. The molecule has 2 heterocycles. The average Bonchev–Trinajstić information content (AvgIpc) is 2.98. The molecule has 23 heavy (non-hydrogen) atoms. The molecule has 1 aromatic rings. The van der Waals surface area contributed by atoms with E-state index >= 15 is 0 Å². The van der Waals surface area contributed by atoms with E-state index in [0.29, 0.717) is 13.0 Å². The molecule has 124 valence electrons. The van der Waals surface area contributed by atoms with Crippen LogP contribution < -0.4 is 4.90 Å². The van der Waals surface area contributed by atoms with Gasteiger partial charge < -0.3 is 10.0 Å². The van der Waals surface area contributed by atoms with Crippen molar-refractivity contribution in [2.75, 3.05) is 25.0 Å². The number of fused-ring (bicyclic) bond motifs is 1. The smallest absolute Gasteiger partial charge is 0.322 e. The highest BCUT2D eigenvalue weighted by molar-refractivity contribution is 7.89. The standard InChI is InChI=1S/C16H20N2O4S/c1-17-7-4-11-2-3-12(8-13(11)17)23(21,22)18-10-16(5-6-16)9-14(18)15(19)20/h2-3,8,14H,4-7,9-10H2,1H3,(H,19,20)/t14-/m0/s1. The van der Waals surface area contributed by atoms with Crippen molar-refractivity contribution in [3.8, 4) is 0 Å². The molecule has 1 N–H and O–H groups in total. The number of sulfonamides is 1. The molecule has 1 spiro atoms. The van der Waals surface area contributed by atoms with Crippen molar-refractivity contribution in [2.45, 2.75) is 36.6 Å². The number of benzene rings is 1. The van der Waals surface area contributed by atoms with E-state index < -0.39 is 22.0 Å². The number of anilines is 1. The van der Waals surface area contributed by atoms with Gasteiger partial charge in [-0.25, -0.2) is 8.42 Å². The van der Waals surface area contributed by atoms with Crippen LogP contribution in [0, 0.1) is 5.41 Å². The molecule has 1 aromatic carbocycles. The number of rotatable bonds is 3. The van der Waals surface area contributed by atoms with Gasteiger partial charge >= 0.3 is 5.97 Å². The second-order valence-electron chi connectivity index (χ2n) is 7.07. The summed E-state index contributed by atoms with van der Waals surface area (Å²) >= 11 is 0. The monoisotopic (exact) mass is 336 g/mol. The lowest BCUT2D eigenvalue weighted by molar-refractivity contribution is -0.140. The lowest BCUT2D eigenvalue weighted by Gasteiger charge is -2.22. The number of carbonyl (C=O) groups is 1. The predicted octanol–water partition coefficient (Wildman–Crippen LogP) is 1.31. The molecule has 1 saturated carbocycles. The fraction of sp³-hybridized carbons (Fsp3) is 0.562. The number of carboxylic acid groups (broad SMARTS) is 1. The van der Waals surface area contributed by atoms with Gasteiger partial charge in [-0.3, -0.25) is 4.79 Å². The maximum absolute atomic E-state index is 13.0. The van der Waals surface area contributed by atoms with E-state index in [0.717, 1.165) is 37.1 Å². The van der Waals surface area contributed by atoms with Crippen molar-refractivity contribution in [3.63, 3.8) is 0 Å². The van der Waals surface area contributed by atoms with E-state index in [1.54, 1.807) is 12.1 Å². The highest BCUT2D eigenvalue weighted by atomic mass is 32.2. The Hall–Kier alpha value is -1.60. The van der Waals surface area contributed by atoms with E-state index in [9.17, 15) is 18.3 Å². The van der Waals surface area contributed by atoms with Gasteiger partial charge in [0.1, 0.15) is 6.04 Å². The Morgan fingerprint density at radius 3 is 2.74 bits per heavy atom. The van der Waals surface area contributed by atoms with Crippen LogP contribution in [-0.2, 0) is 21.2 Å². The number of carboxylic acids is 1. The summed E-state index contributed by atoms with van der Waals surface area (Å²) in [7, 11) is -1.84. The second-order valence-corrected chi connectivity index (χ2v) is 8.96. The highest BCUT2D eigenvalue weighted by Gasteiger charge is 2.57. The fourth-order valence-electron chi connectivity index (χ4n) is 3.83. The molecule has 4 rings (SSSR count). The first-order chi connectivity index (χ1) is 10.8. The molecule has 0 radical (unpaired) electrons. The first-order valence-electron chi connectivity index (χ1n) is 7.91. The third-order valence-electron chi connectivity index (χ3n) is 5.50. The molecule has 0 amide bonds. The summed E-state index contributed by atoms with van der Waals surface area (Å²) in [6.07, 6.45) is 3.20. The fourth-order valence-corrected chi connectivity index (χ4v) is 5.55. The first kappa shape index (κ1) is 15.0. The van der Waals surface area contributed by atoms with Crippen LogP contribution >= 0.6 is 0 Å². The summed E-state index contributed by atoms with van der Waals surface area (Å²) in [4.78, 5) is 13.8. The summed E-state index contributed by atoms with van der Waals surface area (Å²) in [6, 6.07) is 4.22. The molecular formula is C16H20N2O4S. The van der Waals surface area contributed by atoms with Crippen LogP contribution in [0.2, 0.25) is 0 Å². The van der Waals surface area contributed by atoms with Crippen LogP contribution in [0.5, 0.6) is 0 Å². The number of hydrogen-bond donors (Lipinski definition) is 1. The molecule has 3 aliphatic rings. The molecule has 0 aromatic heterocycles.